The first kappa shape index (κ1) is 12.8. The van der Waals surface area contributed by atoms with Crippen LogP contribution in [0.2, 0.25) is 0 Å². The number of ketones is 1. The average molecular weight is 224 g/mol. The van der Waals surface area contributed by atoms with Crippen LogP contribution in [0.4, 0.5) is 0 Å². The lowest BCUT2D eigenvalue weighted by molar-refractivity contribution is -0.117. The van der Waals surface area contributed by atoms with Crippen molar-refractivity contribution >= 4 is 5.78 Å². The molecule has 0 aromatic carbocycles. The Bertz CT molecular complexity index is 346. The highest BCUT2D eigenvalue weighted by atomic mass is 16.1. The smallest absolute Gasteiger partial charge is 0.131 e. The summed E-state index contributed by atoms with van der Waals surface area (Å²) < 4.78 is 1.73. The molecule has 0 unspecified atom stereocenters. The van der Waals surface area contributed by atoms with Gasteiger partial charge in [-0.2, -0.15) is 0 Å². The molecule has 1 rings (SSSR count). The van der Waals surface area contributed by atoms with E-state index in [1.165, 1.54) is 0 Å². The zero-order chi connectivity index (χ0) is 12.1. The molecular formula is C11H20N4O. The summed E-state index contributed by atoms with van der Waals surface area (Å²) >= 11 is 0. The third-order valence-corrected chi connectivity index (χ3v) is 2.57. The molecule has 0 amide bonds. The first-order valence-corrected chi connectivity index (χ1v) is 5.57. The van der Waals surface area contributed by atoms with E-state index >= 15 is 0 Å². The Hall–Kier alpha value is -1.23. The van der Waals surface area contributed by atoms with Crippen LogP contribution in [0, 0.1) is 0 Å². The first-order chi connectivity index (χ1) is 7.49. The van der Waals surface area contributed by atoms with Crippen LogP contribution in [0.5, 0.6) is 0 Å². The van der Waals surface area contributed by atoms with Gasteiger partial charge in [0.25, 0.3) is 0 Å². The molecule has 90 valence electrons. The molecule has 1 aromatic rings. The van der Waals surface area contributed by atoms with Gasteiger partial charge in [0.2, 0.25) is 0 Å². The molecule has 0 aliphatic carbocycles. The summed E-state index contributed by atoms with van der Waals surface area (Å²) in [7, 11) is 2.05. The zero-order valence-electron chi connectivity index (χ0n) is 10.5. The minimum atomic E-state index is 0.177. The summed E-state index contributed by atoms with van der Waals surface area (Å²) in [5.74, 6) is 0.177. The topological polar surface area (TPSA) is 51.0 Å². The van der Waals surface area contributed by atoms with Crippen molar-refractivity contribution in [3.05, 3.63) is 11.9 Å². The Labute approximate surface area is 96.4 Å². The van der Waals surface area contributed by atoms with Crippen LogP contribution in [0.1, 0.15) is 32.9 Å². The number of aryl methyl sites for hydroxylation is 1. The largest absolute Gasteiger partial charge is 0.300 e. The molecule has 5 nitrogen and oxygen atoms in total. The summed E-state index contributed by atoms with van der Waals surface area (Å²) in [5.41, 5.74) is 0.944. The molecule has 0 saturated heterocycles. The van der Waals surface area contributed by atoms with Gasteiger partial charge in [-0.05, 0) is 27.8 Å². The number of aromatic nitrogens is 3. The summed E-state index contributed by atoms with van der Waals surface area (Å²) in [6, 6.07) is 0.488. The van der Waals surface area contributed by atoms with Gasteiger partial charge in [-0.25, -0.2) is 0 Å². The van der Waals surface area contributed by atoms with Crippen molar-refractivity contribution in [1.29, 1.82) is 0 Å². The molecule has 0 bridgehead atoms. The number of Topliss-reactive ketones (excluding diaryl/α,β-unsaturated/α-hetero) is 1. The van der Waals surface area contributed by atoms with Crippen LogP contribution in [-0.4, -0.2) is 38.8 Å². The molecule has 0 fully saturated rings. The molecule has 0 spiro atoms. The lowest BCUT2D eigenvalue weighted by Gasteiger charge is -2.18. The van der Waals surface area contributed by atoms with Crippen LogP contribution < -0.4 is 0 Å². The number of hydrogen-bond acceptors (Lipinski definition) is 4. The maximum absolute atomic E-state index is 10.8. The predicted octanol–water partition coefficient (Wildman–Crippen LogP) is 1.10. The quantitative estimate of drug-likeness (QED) is 0.726. The van der Waals surface area contributed by atoms with Crippen molar-refractivity contribution in [2.24, 2.45) is 0 Å². The first-order valence-electron chi connectivity index (χ1n) is 5.57. The van der Waals surface area contributed by atoms with Gasteiger partial charge in [0, 0.05) is 31.7 Å². The third kappa shape index (κ3) is 4.10. The van der Waals surface area contributed by atoms with Gasteiger partial charge >= 0.3 is 0 Å². The van der Waals surface area contributed by atoms with Gasteiger partial charge in [0.1, 0.15) is 5.78 Å². The van der Waals surface area contributed by atoms with E-state index in [1.54, 1.807) is 11.6 Å². The van der Waals surface area contributed by atoms with E-state index < -0.39 is 0 Å². The standard InChI is InChI=1S/C11H20N4O/c1-9(2)14(4)7-11-8-15(13-12-11)6-5-10(3)16/h8-9H,5-7H2,1-4H3. The van der Waals surface area contributed by atoms with Crippen LogP contribution in [-0.2, 0) is 17.9 Å². The summed E-state index contributed by atoms with van der Waals surface area (Å²) in [5, 5.41) is 8.06. The van der Waals surface area contributed by atoms with Crippen molar-refractivity contribution in [2.45, 2.75) is 46.3 Å². The van der Waals surface area contributed by atoms with Crippen molar-refractivity contribution in [3.8, 4) is 0 Å². The maximum Gasteiger partial charge on any atom is 0.131 e. The summed E-state index contributed by atoms with van der Waals surface area (Å²) in [6.07, 6.45) is 2.42. The Morgan fingerprint density at radius 2 is 2.25 bits per heavy atom. The fourth-order valence-electron chi connectivity index (χ4n) is 1.23. The average Bonchev–Trinajstić information content (AvgIpc) is 2.62. The second-order valence-corrected chi connectivity index (χ2v) is 4.43. The minimum Gasteiger partial charge on any atom is -0.300 e. The van der Waals surface area contributed by atoms with E-state index in [1.807, 2.05) is 6.20 Å². The van der Waals surface area contributed by atoms with E-state index in [4.69, 9.17) is 0 Å². The third-order valence-electron chi connectivity index (χ3n) is 2.57. The van der Waals surface area contributed by atoms with E-state index in [9.17, 15) is 4.79 Å². The number of rotatable bonds is 6. The van der Waals surface area contributed by atoms with Gasteiger partial charge in [0.05, 0.1) is 5.69 Å². The van der Waals surface area contributed by atoms with Gasteiger partial charge in [-0.3, -0.25) is 14.4 Å². The highest BCUT2D eigenvalue weighted by Crippen LogP contribution is 2.02. The van der Waals surface area contributed by atoms with Gasteiger partial charge in [-0.1, -0.05) is 5.21 Å². The van der Waals surface area contributed by atoms with Gasteiger partial charge < -0.3 is 0 Å². The van der Waals surface area contributed by atoms with E-state index in [0.29, 0.717) is 19.0 Å². The number of hydrogen-bond donors (Lipinski definition) is 0. The normalized spacial score (nSPS) is 11.4. The Morgan fingerprint density at radius 1 is 1.56 bits per heavy atom. The molecule has 0 aliphatic heterocycles. The molecule has 0 N–H and O–H groups in total. The lowest BCUT2D eigenvalue weighted by Crippen LogP contribution is -2.25. The second-order valence-electron chi connectivity index (χ2n) is 4.43. The SMILES string of the molecule is CC(=O)CCn1cc(CN(C)C(C)C)nn1. The maximum atomic E-state index is 10.8. The molecule has 0 aliphatic rings. The predicted molar refractivity (Wildman–Crippen MR) is 61.9 cm³/mol. The minimum absolute atomic E-state index is 0.177. The van der Waals surface area contributed by atoms with Crippen LogP contribution in [0.25, 0.3) is 0 Å². The van der Waals surface area contributed by atoms with Crippen LogP contribution >= 0.6 is 0 Å². The number of carbonyl (C=O) groups is 1. The fourth-order valence-corrected chi connectivity index (χ4v) is 1.23. The van der Waals surface area contributed by atoms with Crippen molar-refractivity contribution in [3.63, 3.8) is 0 Å². The molecule has 16 heavy (non-hydrogen) atoms. The highest BCUT2D eigenvalue weighted by Gasteiger charge is 2.07. The lowest BCUT2D eigenvalue weighted by atomic mass is 10.3. The number of nitrogens with zero attached hydrogens (tertiary/aromatic N) is 4. The van der Waals surface area contributed by atoms with E-state index in [2.05, 4.69) is 36.1 Å². The molecule has 0 atom stereocenters. The highest BCUT2D eigenvalue weighted by molar-refractivity contribution is 5.75. The summed E-state index contributed by atoms with van der Waals surface area (Å²) in [4.78, 5) is 13.0. The second kappa shape index (κ2) is 5.75. The molecule has 0 radical (unpaired) electrons. The fraction of sp³-hybridized carbons (Fsp3) is 0.727. The summed E-state index contributed by atoms with van der Waals surface area (Å²) in [6.45, 7) is 7.27. The van der Waals surface area contributed by atoms with Crippen molar-refractivity contribution in [2.75, 3.05) is 7.05 Å². The zero-order valence-corrected chi connectivity index (χ0v) is 10.5. The molecular weight excluding hydrogens is 204 g/mol. The van der Waals surface area contributed by atoms with Crippen molar-refractivity contribution < 1.29 is 4.79 Å². The van der Waals surface area contributed by atoms with E-state index in [0.717, 1.165) is 12.2 Å². The number of carbonyl (C=O) groups excluding carboxylic acids is 1. The van der Waals surface area contributed by atoms with Crippen LogP contribution in [0.15, 0.2) is 6.20 Å². The molecule has 1 heterocycles. The molecule has 1 aromatic heterocycles. The Kier molecular flexibility index (Phi) is 4.61. The molecule has 0 saturated carbocycles. The Morgan fingerprint density at radius 3 is 2.81 bits per heavy atom. The van der Waals surface area contributed by atoms with E-state index in [-0.39, 0.29) is 5.78 Å². The van der Waals surface area contributed by atoms with Crippen LogP contribution in [0.3, 0.4) is 0 Å². The Balaban J connectivity index is 2.48. The van der Waals surface area contributed by atoms with Gasteiger partial charge in [0.15, 0.2) is 0 Å². The van der Waals surface area contributed by atoms with Crippen molar-refractivity contribution in [1.82, 2.24) is 19.9 Å². The monoisotopic (exact) mass is 224 g/mol. The van der Waals surface area contributed by atoms with Gasteiger partial charge in [-0.15, -0.1) is 5.10 Å². The molecule has 5 heteroatoms.